The van der Waals surface area contributed by atoms with Gasteiger partial charge in [0.15, 0.2) is 0 Å². The molecule has 0 aromatic carbocycles. The molecule has 1 unspecified atom stereocenters. The molecule has 36 heavy (non-hydrogen) atoms. The van der Waals surface area contributed by atoms with Crippen LogP contribution in [0, 0.1) is 56.7 Å². The van der Waals surface area contributed by atoms with Crippen LogP contribution in [-0.4, -0.2) is 23.3 Å². The minimum atomic E-state index is -0.344. The summed E-state index contributed by atoms with van der Waals surface area (Å²) in [5.74, 6) is 2.73. The van der Waals surface area contributed by atoms with Gasteiger partial charge in [0, 0.05) is 0 Å². The molecule has 204 valence electrons. The second-order valence-electron chi connectivity index (χ2n) is 15.6. The van der Waals surface area contributed by atoms with Crippen molar-refractivity contribution in [2.24, 2.45) is 56.7 Å². The van der Waals surface area contributed by atoms with E-state index < -0.39 is 0 Å². The molecule has 4 fully saturated rings. The number of aliphatic hydroxyl groups excluding tert-OH is 1. The van der Waals surface area contributed by atoms with Crippen LogP contribution in [0.15, 0.2) is 11.6 Å². The maximum Gasteiger partial charge on any atom is 0.312 e. The number of esters is 1. The number of hydrogen-bond donors (Lipinski definition) is 1. The second kappa shape index (κ2) is 8.33. The fraction of sp³-hybridized carbons (Fsp3) is 0.909. The highest BCUT2D eigenvalue weighted by Crippen LogP contribution is 2.75. The monoisotopic (exact) mass is 498 g/mol. The van der Waals surface area contributed by atoms with Crippen LogP contribution < -0.4 is 0 Å². The first-order valence-corrected chi connectivity index (χ1v) is 15.2. The van der Waals surface area contributed by atoms with Crippen molar-refractivity contribution in [3.05, 3.63) is 11.6 Å². The van der Waals surface area contributed by atoms with Gasteiger partial charge in [0.2, 0.25) is 0 Å². The zero-order valence-electron chi connectivity index (χ0n) is 24.7. The summed E-state index contributed by atoms with van der Waals surface area (Å²) in [6.07, 6.45) is 12.3. The van der Waals surface area contributed by atoms with Crippen molar-refractivity contribution in [3.63, 3.8) is 0 Å². The van der Waals surface area contributed by atoms with Gasteiger partial charge in [-0.25, -0.2) is 0 Å². The normalized spacial score (nSPS) is 51.8. The summed E-state index contributed by atoms with van der Waals surface area (Å²) in [5, 5.41) is 11.0. The van der Waals surface area contributed by atoms with E-state index in [0.717, 1.165) is 44.9 Å². The van der Waals surface area contributed by atoms with E-state index in [2.05, 4.69) is 54.5 Å². The van der Waals surface area contributed by atoms with Gasteiger partial charge in [-0.2, -0.15) is 0 Å². The predicted molar refractivity (Wildman–Crippen MR) is 146 cm³/mol. The van der Waals surface area contributed by atoms with Gasteiger partial charge < -0.3 is 9.84 Å². The zero-order valence-corrected chi connectivity index (χ0v) is 24.7. The first kappa shape index (κ1) is 26.8. The third-order valence-corrected chi connectivity index (χ3v) is 13.7. The zero-order chi connectivity index (χ0) is 26.5. The molecule has 0 amide bonds. The molecule has 3 heteroatoms. The first-order chi connectivity index (χ1) is 16.6. The largest absolute Gasteiger partial charge is 0.463 e. The van der Waals surface area contributed by atoms with Crippen LogP contribution >= 0.6 is 0 Å². The quantitative estimate of drug-likeness (QED) is 0.310. The second-order valence-corrected chi connectivity index (χ2v) is 15.6. The van der Waals surface area contributed by atoms with Crippen molar-refractivity contribution in [2.75, 3.05) is 0 Å². The molecule has 0 aliphatic heterocycles. The molecule has 10 atom stereocenters. The Morgan fingerprint density at radius 3 is 2.31 bits per heavy atom. The van der Waals surface area contributed by atoms with Gasteiger partial charge in [0.05, 0.1) is 17.6 Å². The first-order valence-electron chi connectivity index (χ1n) is 15.2. The molecule has 5 aliphatic carbocycles. The molecule has 1 N–H and O–H groups in total. The number of carbonyl (C=O) groups is 1. The molecule has 0 saturated heterocycles. The van der Waals surface area contributed by atoms with Gasteiger partial charge in [-0.1, -0.05) is 60.1 Å². The highest BCUT2D eigenvalue weighted by Gasteiger charge is 2.69. The third kappa shape index (κ3) is 3.29. The molecular weight excluding hydrogens is 444 g/mol. The van der Waals surface area contributed by atoms with E-state index >= 15 is 0 Å². The fourth-order valence-electron chi connectivity index (χ4n) is 11.2. The summed E-state index contributed by atoms with van der Waals surface area (Å²) in [4.78, 5) is 13.8. The number of ether oxygens (including phenoxy) is 1. The van der Waals surface area contributed by atoms with Crippen molar-refractivity contribution in [3.8, 4) is 0 Å². The molecule has 0 bridgehead atoms. The van der Waals surface area contributed by atoms with Gasteiger partial charge in [-0.05, 0) is 123 Å². The Morgan fingerprint density at radius 1 is 0.944 bits per heavy atom. The van der Waals surface area contributed by atoms with Crippen LogP contribution in [0.4, 0.5) is 0 Å². The van der Waals surface area contributed by atoms with E-state index in [1.54, 1.807) is 5.57 Å². The molecule has 0 aromatic rings. The highest BCUT2D eigenvalue weighted by atomic mass is 16.5. The summed E-state index contributed by atoms with van der Waals surface area (Å²) in [6.45, 7) is 21.3. The van der Waals surface area contributed by atoms with E-state index in [-0.39, 0.29) is 45.3 Å². The Kier molecular flexibility index (Phi) is 6.19. The van der Waals surface area contributed by atoms with Crippen LogP contribution in [0.1, 0.15) is 120 Å². The Balaban J connectivity index is 1.59. The van der Waals surface area contributed by atoms with Crippen molar-refractivity contribution in [2.45, 2.75) is 132 Å². The van der Waals surface area contributed by atoms with Crippen LogP contribution in [0.2, 0.25) is 0 Å². The lowest BCUT2D eigenvalue weighted by molar-refractivity contribution is -0.208. The molecule has 0 spiro atoms. The fourth-order valence-corrected chi connectivity index (χ4v) is 11.2. The minimum absolute atomic E-state index is 0.0190. The SMILES string of the molecule is CC(C)OC(=O)[C@]12CC[C@@H](C)[C@H](C)[C@H]1C1=CC[C@@H]3[C@@]4(C)CC[C@H](O)C(C)(C)C4CC[C@@]3(C)[C@]1(C)CC2. The van der Waals surface area contributed by atoms with Crippen LogP contribution in [0.25, 0.3) is 0 Å². The number of aliphatic hydroxyl groups is 1. The lowest BCUT2D eigenvalue weighted by atomic mass is 9.33. The van der Waals surface area contributed by atoms with Crippen molar-refractivity contribution >= 4 is 5.97 Å². The summed E-state index contributed by atoms with van der Waals surface area (Å²) >= 11 is 0. The van der Waals surface area contributed by atoms with E-state index in [1.807, 2.05) is 13.8 Å². The predicted octanol–water partition coefficient (Wildman–Crippen LogP) is 7.96. The van der Waals surface area contributed by atoms with Gasteiger partial charge in [-0.3, -0.25) is 4.79 Å². The minimum Gasteiger partial charge on any atom is -0.463 e. The van der Waals surface area contributed by atoms with Crippen LogP contribution in [0.3, 0.4) is 0 Å². The smallest absolute Gasteiger partial charge is 0.312 e. The summed E-state index contributed by atoms with van der Waals surface area (Å²) < 4.78 is 6.01. The number of fused-ring (bicyclic) bond motifs is 7. The molecule has 0 aromatic heterocycles. The van der Waals surface area contributed by atoms with Crippen LogP contribution in [0.5, 0.6) is 0 Å². The van der Waals surface area contributed by atoms with Crippen LogP contribution in [-0.2, 0) is 9.53 Å². The number of hydrogen-bond acceptors (Lipinski definition) is 3. The maximum absolute atomic E-state index is 13.8. The molecule has 3 nitrogen and oxygen atoms in total. The Labute approximate surface area is 221 Å². The van der Waals surface area contributed by atoms with Gasteiger partial charge in [0.25, 0.3) is 0 Å². The lowest BCUT2D eigenvalue weighted by Gasteiger charge is -2.71. The standard InChI is InChI=1S/C33H54O3/c1-20(2)36-28(35)33-17-12-21(3)22(4)27(33)23-10-11-25-30(7)15-14-26(34)29(5,6)24(30)13-16-32(25,9)31(23,8)18-19-33/h10,20-22,24-27,34H,11-19H2,1-9H3/t21-,22+,24?,25-,26+,27+,30+,31-,32-,33+/m1/s1. The molecule has 0 heterocycles. The molecular formula is C33H54O3. The topological polar surface area (TPSA) is 46.5 Å². The van der Waals surface area contributed by atoms with Crippen molar-refractivity contribution < 1.29 is 14.6 Å². The number of carbonyl (C=O) groups excluding carboxylic acids is 1. The Hall–Kier alpha value is -0.830. The van der Waals surface area contributed by atoms with E-state index in [4.69, 9.17) is 4.74 Å². The van der Waals surface area contributed by atoms with Crippen molar-refractivity contribution in [1.82, 2.24) is 0 Å². The van der Waals surface area contributed by atoms with Crippen molar-refractivity contribution in [1.29, 1.82) is 0 Å². The average Bonchev–Trinajstić information content (AvgIpc) is 2.79. The van der Waals surface area contributed by atoms with E-state index in [0.29, 0.717) is 29.6 Å². The Bertz CT molecular complexity index is 933. The molecule has 4 saturated carbocycles. The molecule has 5 rings (SSSR count). The van der Waals surface area contributed by atoms with Gasteiger partial charge >= 0.3 is 5.97 Å². The highest BCUT2D eigenvalue weighted by molar-refractivity contribution is 5.79. The third-order valence-electron chi connectivity index (χ3n) is 13.7. The van der Waals surface area contributed by atoms with Gasteiger partial charge in [-0.15, -0.1) is 0 Å². The summed E-state index contributed by atoms with van der Waals surface area (Å²) in [5.41, 5.74) is 1.87. The van der Waals surface area contributed by atoms with E-state index in [1.165, 1.54) is 12.8 Å². The lowest BCUT2D eigenvalue weighted by Crippen LogP contribution is -2.65. The summed E-state index contributed by atoms with van der Waals surface area (Å²) in [7, 11) is 0. The van der Waals surface area contributed by atoms with E-state index in [9.17, 15) is 9.90 Å². The van der Waals surface area contributed by atoms with Gasteiger partial charge in [0.1, 0.15) is 0 Å². The number of rotatable bonds is 2. The maximum atomic E-state index is 13.8. The average molecular weight is 499 g/mol. The molecule has 0 radical (unpaired) electrons. The molecule has 5 aliphatic rings. The number of allylic oxidation sites excluding steroid dienone is 2. The summed E-state index contributed by atoms with van der Waals surface area (Å²) in [6, 6.07) is 0. The Morgan fingerprint density at radius 2 is 1.64 bits per heavy atom.